The van der Waals surface area contributed by atoms with E-state index in [1.54, 1.807) is 6.07 Å². The maximum atomic E-state index is 14.0. The van der Waals surface area contributed by atoms with Gasteiger partial charge in [0.15, 0.2) is 11.4 Å². The second-order valence-electron chi connectivity index (χ2n) is 9.52. The van der Waals surface area contributed by atoms with Gasteiger partial charge in [-0.1, -0.05) is 65.9 Å². The van der Waals surface area contributed by atoms with Crippen LogP contribution in [0.25, 0.3) is 11.8 Å². The van der Waals surface area contributed by atoms with Gasteiger partial charge in [-0.3, -0.25) is 9.36 Å². The van der Waals surface area contributed by atoms with E-state index in [0.717, 1.165) is 41.0 Å². The lowest BCUT2D eigenvalue weighted by atomic mass is 9.83. The Labute approximate surface area is 235 Å². The first-order chi connectivity index (χ1) is 19.6. The Morgan fingerprint density at radius 3 is 2.60 bits per heavy atom. The highest BCUT2D eigenvalue weighted by Crippen LogP contribution is 2.41. The predicted octanol–water partition coefficient (Wildman–Crippen LogP) is 4.27. The molecule has 1 aromatic heterocycles. The fourth-order valence-corrected chi connectivity index (χ4v) is 6.30. The van der Waals surface area contributed by atoms with E-state index in [0.29, 0.717) is 27.3 Å². The Morgan fingerprint density at radius 2 is 1.80 bits per heavy atom. The van der Waals surface area contributed by atoms with E-state index in [9.17, 15) is 9.59 Å². The topological polar surface area (TPSA) is 79.1 Å². The second kappa shape index (κ2) is 11.0. The van der Waals surface area contributed by atoms with Gasteiger partial charge in [0.25, 0.3) is 5.56 Å². The number of nitrogens with zero attached hydrogens (tertiary/aromatic N) is 2. The van der Waals surface area contributed by atoms with Gasteiger partial charge in [0.1, 0.15) is 11.5 Å². The third kappa shape index (κ3) is 4.75. The number of carbonyl (C=O) groups excluding carboxylic acids is 1. The number of thiazole rings is 1. The summed E-state index contributed by atoms with van der Waals surface area (Å²) in [6.07, 6.45) is 3.53. The average molecular weight is 553 g/mol. The molecule has 2 aliphatic rings. The first kappa shape index (κ1) is 25.8. The monoisotopic (exact) mass is 552 g/mol. The van der Waals surface area contributed by atoms with Crippen LogP contribution in [0.3, 0.4) is 0 Å². The molecule has 202 valence electrons. The van der Waals surface area contributed by atoms with Crippen LogP contribution >= 0.6 is 11.3 Å². The van der Waals surface area contributed by atoms with Gasteiger partial charge in [0.2, 0.25) is 0 Å². The number of rotatable bonds is 7. The maximum absolute atomic E-state index is 14.0. The van der Waals surface area contributed by atoms with E-state index in [2.05, 4.69) is 18.2 Å². The number of fused-ring (bicyclic) bond motifs is 3. The molecule has 0 saturated carbocycles. The smallest absolute Gasteiger partial charge is 0.343 e. The summed E-state index contributed by atoms with van der Waals surface area (Å²) in [5.74, 6) is 0.816. The molecule has 7 nitrogen and oxygen atoms in total. The van der Waals surface area contributed by atoms with Crippen LogP contribution in [-0.4, -0.2) is 30.9 Å². The van der Waals surface area contributed by atoms with Crippen LogP contribution in [-0.2, 0) is 16.0 Å². The first-order valence-electron chi connectivity index (χ1n) is 13.2. The van der Waals surface area contributed by atoms with Gasteiger partial charge in [0.05, 0.1) is 30.0 Å². The highest BCUT2D eigenvalue weighted by molar-refractivity contribution is 7.07. The van der Waals surface area contributed by atoms with E-state index in [-0.39, 0.29) is 18.2 Å². The minimum atomic E-state index is -0.476. The molecule has 6 rings (SSSR count). The number of ether oxygens (including phenoxy) is 3. The SMILES string of the molecule is CCOc1ccc(C2C3=C(N=c4sc(=Cc5ccccc5OCC(=O)OC)c(=O)n42)c2ccccc2CC3)cc1. The van der Waals surface area contributed by atoms with Crippen molar-refractivity contribution in [1.29, 1.82) is 0 Å². The summed E-state index contributed by atoms with van der Waals surface area (Å²) in [6.45, 7) is 2.33. The summed E-state index contributed by atoms with van der Waals surface area (Å²) < 4.78 is 18.4. The fourth-order valence-electron chi connectivity index (χ4n) is 5.30. The van der Waals surface area contributed by atoms with E-state index in [1.807, 2.05) is 66.1 Å². The molecule has 1 aliphatic carbocycles. The Hall–Kier alpha value is -4.43. The molecule has 0 bridgehead atoms. The van der Waals surface area contributed by atoms with Crippen molar-refractivity contribution in [1.82, 2.24) is 4.57 Å². The largest absolute Gasteiger partial charge is 0.494 e. The maximum Gasteiger partial charge on any atom is 0.343 e. The van der Waals surface area contributed by atoms with Crippen molar-refractivity contribution in [2.75, 3.05) is 20.3 Å². The van der Waals surface area contributed by atoms with Gasteiger partial charge in [-0.15, -0.1) is 0 Å². The van der Waals surface area contributed by atoms with Crippen LogP contribution in [0.15, 0.2) is 88.2 Å². The number of aromatic nitrogens is 1. The molecule has 1 aliphatic heterocycles. The van der Waals surface area contributed by atoms with Crippen molar-refractivity contribution >= 4 is 29.1 Å². The highest BCUT2D eigenvalue weighted by Gasteiger charge is 2.32. The highest BCUT2D eigenvalue weighted by atomic mass is 32.1. The molecule has 0 amide bonds. The van der Waals surface area contributed by atoms with Gasteiger partial charge < -0.3 is 14.2 Å². The minimum Gasteiger partial charge on any atom is -0.494 e. The molecule has 0 radical (unpaired) electrons. The third-order valence-corrected chi connectivity index (χ3v) is 8.14. The van der Waals surface area contributed by atoms with Crippen molar-refractivity contribution in [3.8, 4) is 11.5 Å². The number of carbonyl (C=O) groups is 1. The second-order valence-corrected chi connectivity index (χ2v) is 10.5. The number of para-hydroxylation sites is 1. The molecule has 0 fully saturated rings. The van der Waals surface area contributed by atoms with Gasteiger partial charge >= 0.3 is 5.97 Å². The summed E-state index contributed by atoms with van der Waals surface area (Å²) >= 11 is 1.36. The van der Waals surface area contributed by atoms with Gasteiger partial charge in [-0.2, -0.15) is 0 Å². The van der Waals surface area contributed by atoms with Crippen molar-refractivity contribution in [2.24, 2.45) is 4.99 Å². The lowest BCUT2D eigenvalue weighted by Gasteiger charge is -2.30. The summed E-state index contributed by atoms with van der Waals surface area (Å²) in [4.78, 5) is 31.4. The number of aryl methyl sites for hydroxylation is 1. The number of hydrogen-bond acceptors (Lipinski definition) is 7. The quantitative estimate of drug-likeness (QED) is 0.320. The van der Waals surface area contributed by atoms with Crippen LogP contribution in [0.2, 0.25) is 0 Å². The van der Waals surface area contributed by atoms with E-state index < -0.39 is 5.97 Å². The molecule has 1 atom stereocenters. The number of esters is 1. The van der Waals surface area contributed by atoms with Crippen molar-refractivity contribution in [2.45, 2.75) is 25.8 Å². The van der Waals surface area contributed by atoms with Crippen molar-refractivity contribution < 1.29 is 19.0 Å². The Bertz CT molecular complexity index is 1800. The van der Waals surface area contributed by atoms with Crippen molar-refractivity contribution in [3.05, 3.63) is 120 Å². The molecule has 3 aromatic carbocycles. The average Bonchev–Trinajstić information content (AvgIpc) is 3.30. The molecular formula is C32H28N2O5S. The van der Waals surface area contributed by atoms with Crippen molar-refractivity contribution in [3.63, 3.8) is 0 Å². The van der Waals surface area contributed by atoms with Crippen LogP contribution in [0.5, 0.6) is 11.5 Å². The number of allylic oxidation sites excluding steroid dienone is 1. The third-order valence-electron chi connectivity index (χ3n) is 7.16. The molecule has 0 N–H and O–H groups in total. The van der Waals surface area contributed by atoms with Crippen LogP contribution in [0.4, 0.5) is 0 Å². The van der Waals surface area contributed by atoms with Crippen LogP contribution in [0, 0.1) is 0 Å². The zero-order chi connectivity index (χ0) is 27.6. The molecule has 0 spiro atoms. The summed E-state index contributed by atoms with van der Waals surface area (Å²) in [5, 5.41) is 0. The first-order valence-corrected chi connectivity index (χ1v) is 14.0. The van der Waals surface area contributed by atoms with Gasteiger partial charge in [-0.25, -0.2) is 9.79 Å². The fraction of sp³-hybridized carbons (Fsp3) is 0.219. The Morgan fingerprint density at radius 1 is 1.02 bits per heavy atom. The molecule has 8 heteroatoms. The standard InChI is InChI=1S/C32H28N2O5S/c1-3-38-23-15-12-21(13-16-23)30-25-17-14-20-8-4-6-10-24(20)29(25)33-32-34(30)31(36)27(40-32)18-22-9-5-7-11-26(22)39-19-28(35)37-2/h4-13,15-16,18,30H,3,14,17,19H2,1-2H3. The normalized spacial score (nSPS) is 15.9. The zero-order valence-electron chi connectivity index (χ0n) is 22.3. The van der Waals surface area contributed by atoms with Crippen LogP contribution in [0.1, 0.15) is 41.6 Å². The lowest BCUT2D eigenvalue weighted by Crippen LogP contribution is -2.38. The number of methoxy groups -OCH3 is 1. The number of hydrogen-bond donors (Lipinski definition) is 0. The zero-order valence-corrected chi connectivity index (χ0v) is 23.1. The van der Waals surface area contributed by atoms with E-state index in [4.69, 9.17) is 19.2 Å². The molecule has 4 aromatic rings. The molecule has 0 saturated heterocycles. The molecular weight excluding hydrogens is 524 g/mol. The predicted molar refractivity (Wildman–Crippen MR) is 154 cm³/mol. The Kier molecular flexibility index (Phi) is 7.09. The minimum absolute atomic E-state index is 0.115. The van der Waals surface area contributed by atoms with E-state index >= 15 is 0 Å². The van der Waals surface area contributed by atoms with Crippen LogP contribution < -0.4 is 24.4 Å². The van der Waals surface area contributed by atoms with Gasteiger partial charge in [-0.05, 0) is 60.7 Å². The van der Waals surface area contributed by atoms with E-state index in [1.165, 1.54) is 24.0 Å². The summed E-state index contributed by atoms with van der Waals surface area (Å²) in [6, 6.07) is 23.4. The summed E-state index contributed by atoms with van der Waals surface area (Å²) in [7, 11) is 1.32. The lowest BCUT2D eigenvalue weighted by molar-refractivity contribution is -0.142. The number of benzene rings is 3. The Balaban J connectivity index is 1.51. The summed E-state index contributed by atoms with van der Waals surface area (Å²) in [5.41, 5.74) is 6.09. The van der Waals surface area contributed by atoms with Gasteiger partial charge in [0, 0.05) is 11.1 Å². The molecule has 40 heavy (non-hydrogen) atoms. The molecule has 2 heterocycles. The molecule has 1 unspecified atom stereocenters.